The van der Waals surface area contributed by atoms with Crippen LogP contribution in [0.3, 0.4) is 0 Å². The first-order valence-electron chi connectivity index (χ1n) is 9.18. The molecule has 0 saturated carbocycles. The van der Waals surface area contributed by atoms with Gasteiger partial charge in [-0.2, -0.15) is 0 Å². The Morgan fingerprint density at radius 2 is 1.92 bits per heavy atom. The third-order valence-electron chi connectivity index (χ3n) is 5.10. The molecule has 1 aromatic rings. The van der Waals surface area contributed by atoms with Crippen molar-refractivity contribution in [2.24, 2.45) is 0 Å². The second-order valence-corrected chi connectivity index (χ2v) is 7.09. The first kappa shape index (κ1) is 20.5. The van der Waals surface area contributed by atoms with Gasteiger partial charge < -0.3 is 20.4 Å². The number of rotatable bonds is 5. The van der Waals surface area contributed by atoms with Gasteiger partial charge in [-0.25, -0.2) is 4.79 Å². The Hall–Kier alpha value is -1.79. The van der Waals surface area contributed by atoms with Crippen LogP contribution >= 0.6 is 12.4 Å². The van der Waals surface area contributed by atoms with E-state index in [1.54, 1.807) is 11.9 Å². The van der Waals surface area contributed by atoms with Crippen molar-refractivity contribution in [2.45, 2.75) is 44.3 Å². The van der Waals surface area contributed by atoms with Crippen LogP contribution in [0.2, 0.25) is 0 Å². The van der Waals surface area contributed by atoms with Crippen molar-refractivity contribution in [3.8, 4) is 0 Å². The number of carbonyl (C=O) groups excluding carboxylic acids is 2. The highest BCUT2D eigenvalue weighted by Crippen LogP contribution is 2.20. The molecule has 2 heterocycles. The number of benzene rings is 1. The summed E-state index contributed by atoms with van der Waals surface area (Å²) in [5.74, 6) is 0.139. The average molecular weight is 381 g/mol. The molecule has 2 saturated heterocycles. The van der Waals surface area contributed by atoms with E-state index in [-0.39, 0.29) is 24.3 Å². The van der Waals surface area contributed by atoms with Crippen LogP contribution < -0.4 is 10.6 Å². The van der Waals surface area contributed by atoms with E-state index in [1.807, 2.05) is 35.2 Å². The van der Waals surface area contributed by atoms with Gasteiger partial charge in [-0.05, 0) is 24.8 Å². The molecule has 1 aromatic carbocycles. The van der Waals surface area contributed by atoms with Crippen molar-refractivity contribution in [3.63, 3.8) is 0 Å². The van der Waals surface area contributed by atoms with Crippen LogP contribution in [-0.4, -0.2) is 60.5 Å². The molecule has 2 N–H and O–H groups in total. The molecule has 0 aromatic heterocycles. The van der Waals surface area contributed by atoms with Crippen LogP contribution in [0.15, 0.2) is 30.3 Å². The predicted molar refractivity (Wildman–Crippen MR) is 104 cm³/mol. The van der Waals surface area contributed by atoms with E-state index in [2.05, 4.69) is 10.6 Å². The number of halogens is 1. The number of carbonyl (C=O) groups is 2. The molecular formula is C19H29ClN4O2. The Labute approximate surface area is 161 Å². The van der Waals surface area contributed by atoms with E-state index in [4.69, 9.17) is 0 Å². The Bertz CT molecular complexity index is 598. The zero-order valence-corrected chi connectivity index (χ0v) is 16.1. The minimum atomic E-state index is -0.145. The predicted octanol–water partition coefficient (Wildman–Crippen LogP) is 1.99. The summed E-state index contributed by atoms with van der Waals surface area (Å²) in [7, 11) is 1.77. The monoisotopic (exact) mass is 380 g/mol. The fraction of sp³-hybridized carbons (Fsp3) is 0.579. The highest BCUT2D eigenvalue weighted by atomic mass is 35.5. The summed E-state index contributed by atoms with van der Waals surface area (Å²) >= 11 is 0. The molecule has 3 amide bonds. The molecule has 144 valence electrons. The van der Waals surface area contributed by atoms with Crippen molar-refractivity contribution in [1.82, 2.24) is 20.4 Å². The fourth-order valence-electron chi connectivity index (χ4n) is 3.67. The summed E-state index contributed by atoms with van der Waals surface area (Å²) in [6.07, 6.45) is 3.79. The van der Waals surface area contributed by atoms with E-state index in [9.17, 15) is 9.59 Å². The molecule has 0 radical (unpaired) electrons. The van der Waals surface area contributed by atoms with Gasteiger partial charge in [-0.1, -0.05) is 30.3 Å². The van der Waals surface area contributed by atoms with Crippen LogP contribution in [0, 0.1) is 0 Å². The van der Waals surface area contributed by atoms with Crippen molar-refractivity contribution in [2.75, 3.05) is 26.7 Å². The summed E-state index contributed by atoms with van der Waals surface area (Å²) in [6, 6.07) is 10.7. The lowest BCUT2D eigenvalue weighted by atomic mass is 10.1. The summed E-state index contributed by atoms with van der Waals surface area (Å²) in [4.78, 5) is 28.1. The Morgan fingerprint density at radius 3 is 2.69 bits per heavy atom. The molecule has 2 aliphatic rings. The zero-order valence-electron chi connectivity index (χ0n) is 15.3. The number of amides is 3. The molecule has 2 unspecified atom stereocenters. The van der Waals surface area contributed by atoms with Crippen molar-refractivity contribution in [3.05, 3.63) is 35.9 Å². The molecular weight excluding hydrogens is 352 g/mol. The van der Waals surface area contributed by atoms with E-state index in [0.29, 0.717) is 31.6 Å². The third kappa shape index (κ3) is 5.61. The average Bonchev–Trinajstić information content (AvgIpc) is 2.94. The van der Waals surface area contributed by atoms with E-state index in [1.165, 1.54) is 6.42 Å². The zero-order chi connectivity index (χ0) is 17.6. The molecule has 2 atom stereocenters. The first-order valence-corrected chi connectivity index (χ1v) is 9.18. The van der Waals surface area contributed by atoms with Gasteiger partial charge >= 0.3 is 6.03 Å². The summed E-state index contributed by atoms with van der Waals surface area (Å²) in [5.41, 5.74) is 1.09. The lowest BCUT2D eigenvalue weighted by molar-refractivity contribution is -0.131. The highest BCUT2D eigenvalue weighted by molar-refractivity contribution is 5.85. The van der Waals surface area contributed by atoms with Crippen LogP contribution in [0.4, 0.5) is 4.79 Å². The second kappa shape index (κ2) is 9.78. The molecule has 0 aliphatic carbocycles. The first-order chi connectivity index (χ1) is 12.1. The Morgan fingerprint density at radius 1 is 1.19 bits per heavy atom. The van der Waals surface area contributed by atoms with Crippen LogP contribution in [0.5, 0.6) is 0 Å². The quantitative estimate of drug-likeness (QED) is 0.821. The molecule has 2 fully saturated rings. The minimum absolute atomic E-state index is 0. The third-order valence-corrected chi connectivity index (χ3v) is 5.10. The topological polar surface area (TPSA) is 64.7 Å². The van der Waals surface area contributed by atoms with Gasteiger partial charge in [-0.3, -0.25) is 4.79 Å². The number of likely N-dealkylation sites (tertiary alicyclic amines) is 1. The van der Waals surface area contributed by atoms with Crippen LogP contribution in [0.25, 0.3) is 0 Å². The van der Waals surface area contributed by atoms with Crippen LogP contribution in [0.1, 0.15) is 31.2 Å². The fourth-order valence-corrected chi connectivity index (χ4v) is 3.67. The number of urea groups is 1. The van der Waals surface area contributed by atoms with E-state index >= 15 is 0 Å². The van der Waals surface area contributed by atoms with Gasteiger partial charge in [0.05, 0.1) is 0 Å². The molecule has 6 nitrogen and oxygen atoms in total. The van der Waals surface area contributed by atoms with Gasteiger partial charge in [0.2, 0.25) is 5.91 Å². The maximum Gasteiger partial charge on any atom is 0.317 e. The summed E-state index contributed by atoms with van der Waals surface area (Å²) in [6.45, 7) is 2.57. The van der Waals surface area contributed by atoms with Gasteiger partial charge in [0.1, 0.15) is 0 Å². The van der Waals surface area contributed by atoms with E-state index in [0.717, 1.165) is 31.5 Å². The molecule has 2 bridgehead atoms. The van der Waals surface area contributed by atoms with Crippen LogP contribution in [-0.2, 0) is 11.3 Å². The molecule has 7 heteroatoms. The maximum absolute atomic E-state index is 12.4. The number of fused-ring (bicyclic) bond motifs is 2. The molecule has 26 heavy (non-hydrogen) atoms. The van der Waals surface area contributed by atoms with E-state index < -0.39 is 0 Å². The van der Waals surface area contributed by atoms with Gasteiger partial charge in [0.25, 0.3) is 0 Å². The molecule has 0 spiro atoms. The summed E-state index contributed by atoms with van der Waals surface area (Å²) in [5, 5.41) is 6.43. The normalized spacial score (nSPS) is 21.5. The number of nitrogens with zero attached hydrogens (tertiary/aromatic N) is 2. The molecule has 3 rings (SSSR count). The standard InChI is InChI=1S/C19H28N4O2.ClH/c1-22(13-15-5-3-2-4-6-15)19(25)20-11-9-18(24)23-12-10-16-7-8-17(14-23)21-16;/h2-6,16-17,21H,7-14H2,1H3,(H,20,25);1H. The lowest BCUT2D eigenvalue weighted by Crippen LogP contribution is -2.42. The Kier molecular flexibility index (Phi) is 7.72. The number of hydrogen-bond donors (Lipinski definition) is 2. The van der Waals surface area contributed by atoms with Crippen molar-refractivity contribution < 1.29 is 9.59 Å². The van der Waals surface area contributed by atoms with Crippen molar-refractivity contribution >= 4 is 24.3 Å². The molecule has 2 aliphatic heterocycles. The van der Waals surface area contributed by atoms with Gasteiger partial charge in [0, 0.05) is 51.7 Å². The SMILES string of the molecule is CN(Cc1ccccc1)C(=O)NCCC(=O)N1CCC2CCC(C1)N2.Cl. The smallest absolute Gasteiger partial charge is 0.317 e. The largest absolute Gasteiger partial charge is 0.341 e. The highest BCUT2D eigenvalue weighted by Gasteiger charge is 2.30. The number of nitrogens with one attached hydrogen (secondary N) is 2. The van der Waals surface area contributed by atoms with Gasteiger partial charge in [-0.15, -0.1) is 12.4 Å². The lowest BCUT2D eigenvalue weighted by Gasteiger charge is -2.24. The second-order valence-electron chi connectivity index (χ2n) is 7.09. The maximum atomic E-state index is 12.4. The number of hydrogen-bond acceptors (Lipinski definition) is 3. The Balaban J connectivity index is 0.00000243. The minimum Gasteiger partial charge on any atom is -0.341 e. The van der Waals surface area contributed by atoms with Gasteiger partial charge in [0.15, 0.2) is 0 Å². The van der Waals surface area contributed by atoms with Crippen molar-refractivity contribution in [1.29, 1.82) is 0 Å². The summed E-state index contributed by atoms with van der Waals surface area (Å²) < 4.78 is 0.